The van der Waals surface area contributed by atoms with E-state index in [-0.39, 0.29) is 17.4 Å². The number of rotatable bonds is 11. The largest absolute Gasteiger partial charge is 0.507 e. The lowest BCUT2D eigenvalue weighted by atomic mass is 9.94. The third-order valence-electron chi connectivity index (χ3n) is 7.09. The maximum absolute atomic E-state index is 13.4. The van der Waals surface area contributed by atoms with Gasteiger partial charge in [0.05, 0.1) is 37.5 Å². The van der Waals surface area contributed by atoms with Crippen molar-refractivity contribution in [3.8, 4) is 11.5 Å². The van der Waals surface area contributed by atoms with Crippen molar-refractivity contribution in [2.75, 3.05) is 46.0 Å². The number of carbonyl (C=O) groups excluding carboxylic acids is 2. The van der Waals surface area contributed by atoms with Gasteiger partial charge in [-0.3, -0.25) is 14.5 Å². The molecule has 2 fully saturated rings. The first kappa shape index (κ1) is 28.6. The fourth-order valence-electron chi connectivity index (χ4n) is 5.00. The normalized spacial score (nSPS) is 19.6. The summed E-state index contributed by atoms with van der Waals surface area (Å²) in [7, 11) is 0. The van der Waals surface area contributed by atoms with E-state index in [4.69, 9.17) is 14.2 Å². The molecule has 210 valence electrons. The molecule has 2 aliphatic heterocycles. The van der Waals surface area contributed by atoms with Crippen LogP contribution in [0.2, 0.25) is 0 Å². The van der Waals surface area contributed by atoms with Crippen LogP contribution in [0.15, 0.2) is 48.0 Å². The molecule has 39 heavy (non-hydrogen) atoms. The molecule has 2 heterocycles. The molecule has 0 radical (unpaired) electrons. The van der Waals surface area contributed by atoms with Gasteiger partial charge in [0.25, 0.3) is 11.7 Å². The van der Waals surface area contributed by atoms with Crippen molar-refractivity contribution in [3.63, 3.8) is 0 Å². The number of hydrogen-bond donors (Lipinski definition) is 1. The van der Waals surface area contributed by atoms with Crippen molar-refractivity contribution < 1.29 is 28.9 Å². The van der Waals surface area contributed by atoms with Crippen LogP contribution in [0.3, 0.4) is 0 Å². The first-order chi connectivity index (χ1) is 18.8. The summed E-state index contributed by atoms with van der Waals surface area (Å²) in [6.45, 7) is 12.3. The predicted octanol–water partition coefficient (Wildman–Crippen LogP) is 4.72. The van der Waals surface area contributed by atoms with E-state index >= 15 is 0 Å². The van der Waals surface area contributed by atoms with Crippen LogP contribution >= 0.6 is 0 Å². The number of ether oxygens (including phenoxy) is 3. The third-order valence-corrected chi connectivity index (χ3v) is 7.09. The molecule has 0 aromatic heterocycles. The molecule has 0 spiro atoms. The van der Waals surface area contributed by atoms with Crippen molar-refractivity contribution in [1.82, 2.24) is 9.80 Å². The molecule has 1 unspecified atom stereocenters. The summed E-state index contributed by atoms with van der Waals surface area (Å²) >= 11 is 0. The van der Waals surface area contributed by atoms with Crippen LogP contribution in [0, 0.1) is 6.92 Å². The number of nitrogens with zero attached hydrogens (tertiary/aromatic N) is 2. The fraction of sp³-hybridized carbons (Fsp3) is 0.484. The van der Waals surface area contributed by atoms with E-state index in [1.165, 1.54) is 0 Å². The van der Waals surface area contributed by atoms with Crippen molar-refractivity contribution in [1.29, 1.82) is 0 Å². The van der Waals surface area contributed by atoms with Crippen LogP contribution in [0.4, 0.5) is 0 Å². The van der Waals surface area contributed by atoms with Gasteiger partial charge in [0.15, 0.2) is 0 Å². The molecular formula is C31H40N2O6. The quantitative estimate of drug-likeness (QED) is 0.193. The van der Waals surface area contributed by atoms with E-state index in [0.29, 0.717) is 44.2 Å². The molecule has 8 nitrogen and oxygen atoms in total. The Balaban J connectivity index is 1.70. The Morgan fingerprint density at radius 3 is 2.38 bits per heavy atom. The first-order valence-electron chi connectivity index (χ1n) is 13.9. The van der Waals surface area contributed by atoms with Crippen LogP contribution in [0.5, 0.6) is 11.5 Å². The number of carbonyl (C=O) groups is 2. The smallest absolute Gasteiger partial charge is 0.295 e. The molecule has 1 N–H and O–H groups in total. The van der Waals surface area contributed by atoms with Crippen molar-refractivity contribution in [3.05, 3.63) is 64.7 Å². The summed E-state index contributed by atoms with van der Waals surface area (Å²) in [5.41, 5.74) is 2.10. The molecule has 2 saturated heterocycles. The topological polar surface area (TPSA) is 88.5 Å². The molecule has 2 aliphatic rings. The van der Waals surface area contributed by atoms with Gasteiger partial charge in [-0.05, 0) is 68.7 Å². The molecule has 0 saturated carbocycles. The fourth-order valence-corrected chi connectivity index (χ4v) is 5.00. The highest BCUT2D eigenvalue weighted by molar-refractivity contribution is 6.46. The number of morpholine rings is 1. The molecule has 2 aromatic carbocycles. The van der Waals surface area contributed by atoms with Crippen LogP contribution in [0.1, 0.15) is 56.3 Å². The molecule has 8 heteroatoms. The van der Waals surface area contributed by atoms with E-state index in [2.05, 4.69) is 11.8 Å². The summed E-state index contributed by atoms with van der Waals surface area (Å²) in [6, 6.07) is 12.1. The SMILES string of the molecule is CCCCOc1ccc(C2C(=C(O)c3ccc(OC(C)C)cc3C)C(=O)C(=O)N2CCN2CCOCC2)cc1. The van der Waals surface area contributed by atoms with Crippen molar-refractivity contribution >= 4 is 17.4 Å². The lowest BCUT2D eigenvalue weighted by Gasteiger charge is -2.31. The molecule has 1 amide bonds. The lowest BCUT2D eigenvalue weighted by molar-refractivity contribution is -0.140. The highest BCUT2D eigenvalue weighted by Crippen LogP contribution is 2.40. The summed E-state index contributed by atoms with van der Waals surface area (Å²) in [4.78, 5) is 30.6. The number of benzene rings is 2. The maximum atomic E-state index is 13.4. The van der Waals surface area contributed by atoms with Crippen LogP contribution in [0.25, 0.3) is 5.76 Å². The molecular weight excluding hydrogens is 496 g/mol. The summed E-state index contributed by atoms with van der Waals surface area (Å²) in [6.07, 6.45) is 2.01. The Hall–Kier alpha value is -3.36. The van der Waals surface area contributed by atoms with Crippen LogP contribution in [-0.4, -0.2) is 78.7 Å². The van der Waals surface area contributed by atoms with Gasteiger partial charge in [0.2, 0.25) is 0 Å². The number of aliphatic hydroxyl groups is 1. The number of Topliss-reactive ketones (excluding diaryl/α,β-unsaturated/α-hetero) is 1. The van der Waals surface area contributed by atoms with Gasteiger partial charge in [0.1, 0.15) is 17.3 Å². The van der Waals surface area contributed by atoms with Crippen molar-refractivity contribution in [2.45, 2.75) is 52.7 Å². The Labute approximate surface area is 231 Å². The summed E-state index contributed by atoms with van der Waals surface area (Å²) in [5, 5.41) is 11.5. The number of hydrogen-bond acceptors (Lipinski definition) is 7. The Morgan fingerprint density at radius 2 is 1.74 bits per heavy atom. The third kappa shape index (κ3) is 6.81. The number of unbranched alkanes of at least 4 members (excludes halogenated alkanes) is 1. The molecule has 0 bridgehead atoms. The van der Waals surface area contributed by atoms with Gasteiger partial charge in [-0.25, -0.2) is 0 Å². The Bertz CT molecular complexity index is 1180. The monoisotopic (exact) mass is 536 g/mol. The lowest BCUT2D eigenvalue weighted by Crippen LogP contribution is -2.42. The Morgan fingerprint density at radius 1 is 1.05 bits per heavy atom. The van der Waals surface area contributed by atoms with Crippen LogP contribution < -0.4 is 9.47 Å². The van der Waals surface area contributed by atoms with E-state index in [9.17, 15) is 14.7 Å². The van der Waals surface area contributed by atoms with E-state index in [1.807, 2.05) is 51.1 Å². The van der Waals surface area contributed by atoms with E-state index < -0.39 is 17.7 Å². The first-order valence-corrected chi connectivity index (χ1v) is 13.9. The highest BCUT2D eigenvalue weighted by atomic mass is 16.5. The second-order valence-electron chi connectivity index (χ2n) is 10.4. The number of amides is 1. The summed E-state index contributed by atoms with van der Waals surface area (Å²) < 4.78 is 17.0. The van der Waals surface area contributed by atoms with Gasteiger partial charge in [-0.1, -0.05) is 25.5 Å². The zero-order valence-electron chi connectivity index (χ0n) is 23.4. The minimum absolute atomic E-state index is 0.00885. The number of ketones is 1. The number of aliphatic hydroxyl groups excluding tert-OH is 1. The Kier molecular flexibility index (Phi) is 9.64. The second kappa shape index (κ2) is 13.1. The van der Waals surface area contributed by atoms with Crippen molar-refractivity contribution in [2.24, 2.45) is 0 Å². The zero-order chi connectivity index (χ0) is 27.9. The number of aryl methyl sites for hydroxylation is 1. The number of likely N-dealkylation sites (tertiary alicyclic amines) is 1. The second-order valence-corrected chi connectivity index (χ2v) is 10.4. The zero-order valence-corrected chi connectivity index (χ0v) is 23.4. The highest BCUT2D eigenvalue weighted by Gasteiger charge is 2.46. The summed E-state index contributed by atoms with van der Waals surface area (Å²) in [5.74, 6) is -0.0430. The van der Waals surface area contributed by atoms with Gasteiger partial charge in [-0.2, -0.15) is 0 Å². The average Bonchev–Trinajstić information content (AvgIpc) is 3.17. The minimum Gasteiger partial charge on any atom is -0.507 e. The average molecular weight is 537 g/mol. The maximum Gasteiger partial charge on any atom is 0.295 e. The minimum atomic E-state index is -0.707. The predicted molar refractivity (Wildman–Crippen MR) is 150 cm³/mol. The van der Waals surface area contributed by atoms with Crippen LogP contribution in [-0.2, 0) is 14.3 Å². The van der Waals surface area contributed by atoms with E-state index in [0.717, 1.165) is 42.8 Å². The molecule has 0 aliphatic carbocycles. The van der Waals surface area contributed by atoms with E-state index in [1.54, 1.807) is 17.0 Å². The van der Waals surface area contributed by atoms with Gasteiger partial charge in [0, 0.05) is 31.7 Å². The van der Waals surface area contributed by atoms with Gasteiger partial charge < -0.3 is 24.2 Å². The van der Waals surface area contributed by atoms with Gasteiger partial charge in [-0.15, -0.1) is 0 Å². The molecule has 4 rings (SSSR count). The molecule has 2 aromatic rings. The van der Waals surface area contributed by atoms with Gasteiger partial charge >= 0.3 is 0 Å². The molecule has 1 atom stereocenters. The standard InChI is InChI=1S/C31H40N2O6/c1-5-6-17-38-24-9-7-23(8-10-24)28-27(29(34)26-12-11-25(20-22(26)4)39-21(2)3)30(35)31(36)33(28)14-13-32-15-18-37-19-16-32/h7-12,20-21,28,34H,5-6,13-19H2,1-4H3.